The van der Waals surface area contributed by atoms with Crippen molar-refractivity contribution in [1.29, 1.82) is 0 Å². The first kappa shape index (κ1) is 15.5. The second-order valence-corrected chi connectivity index (χ2v) is 6.09. The molecule has 0 saturated heterocycles. The summed E-state index contributed by atoms with van der Waals surface area (Å²) in [5.41, 5.74) is -0.721. The van der Waals surface area contributed by atoms with Crippen LogP contribution in [-0.2, 0) is 22.7 Å². The van der Waals surface area contributed by atoms with Gasteiger partial charge in [0.1, 0.15) is 0 Å². The average Bonchev–Trinajstić information content (AvgIpc) is 2.88. The Morgan fingerprint density at radius 3 is 2.62 bits per heavy atom. The lowest BCUT2D eigenvalue weighted by Gasteiger charge is -2.14. The van der Waals surface area contributed by atoms with Gasteiger partial charge in [-0.15, -0.1) is 0 Å². The Bertz CT molecular complexity index is 725. The molecule has 0 aliphatic rings. The highest BCUT2D eigenvalue weighted by atomic mass is 32.2. The summed E-state index contributed by atoms with van der Waals surface area (Å²) < 4.78 is 64.9. The number of sulfonamides is 1. The Kier molecular flexibility index (Phi) is 4.06. The Balaban J connectivity index is 2.32. The lowest BCUT2D eigenvalue weighted by atomic mass is 10.1. The predicted molar refractivity (Wildman–Crippen MR) is 68.8 cm³/mol. The molecule has 0 atom stereocenters. The van der Waals surface area contributed by atoms with Gasteiger partial charge in [0.15, 0.2) is 0 Å². The molecular formula is C12H12F3N3O2S. The molecule has 2 aromatic rings. The second kappa shape index (κ2) is 5.49. The van der Waals surface area contributed by atoms with Crippen LogP contribution in [0.25, 0.3) is 0 Å². The lowest BCUT2D eigenvalue weighted by Crippen LogP contribution is -2.24. The Hall–Kier alpha value is -1.87. The number of nitrogens with one attached hydrogen (secondary N) is 2. The van der Waals surface area contributed by atoms with Crippen molar-refractivity contribution in [1.82, 2.24) is 14.9 Å². The van der Waals surface area contributed by atoms with Gasteiger partial charge in [-0.25, -0.2) is 13.1 Å². The monoisotopic (exact) mass is 319 g/mol. The molecule has 2 N–H and O–H groups in total. The fourth-order valence-corrected chi connectivity index (χ4v) is 3.13. The standard InChI is InChI=1S/C12H12F3N3O2S/c1-8-10(12(13,14)15)3-2-4-11(8)21(19,20)18-7-9-5-16-17-6-9/h2-6,18H,7H2,1H3,(H,16,17). The number of aromatic amines is 1. The number of rotatable bonds is 4. The summed E-state index contributed by atoms with van der Waals surface area (Å²) in [6.45, 7) is 1.07. The van der Waals surface area contributed by atoms with Crippen LogP contribution in [0, 0.1) is 6.92 Å². The smallest absolute Gasteiger partial charge is 0.285 e. The number of H-pyrrole nitrogens is 1. The lowest BCUT2D eigenvalue weighted by molar-refractivity contribution is -0.138. The molecule has 1 heterocycles. The Labute approximate surface area is 119 Å². The van der Waals surface area contributed by atoms with E-state index in [1.807, 2.05) is 0 Å². The Morgan fingerprint density at radius 1 is 1.33 bits per heavy atom. The zero-order chi connectivity index (χ0) is 15.7. The largest absolute Gasteiger partial charge is 0.416 e. The zero-order valence-corrected chi connectivity index (χ0v) is 11.7. The van der Waals surface area contributed by atoms with Crippen LogP contribution in [0.4, 0.5) is 13.2 Å². The van der Waals surface area contributed by atoms with Crippen molar-refractivity contribution in [3.8, 4) is 0 Å². The molecule has 0 aliphatic carbocycles. The van der Waals surface area contributed by atoms with E-state index >= 15 is 0 Å². The number of alkyl halides is 3. The maximum absolute atomic E-state index is 12.8. The normalized spacial score (nSPS) is 12.6. The molecule has 0 saturated carbocycles. The molecule has 5 nitrogen and oxygen atoms in total. The number of hydrogen-bond acceptors (Lipinski definition) is 3. The van der Waals surface area contributed by atoms with Gasteiger partial charge in [0, 0.05) is 18.3 Å². The molecule has 0 aliphatic heterocycles. The van der Waals surface area contributed by atoms with Gasteiger partial charge >= 0.3 is 6.18 Å². The van der Waals surface area contributed by atoms with Crippen molar-refractivity contribution in [2.75, 3.05) is 0 Å². The Morgan fingerprint density at radius 2 is 2.05 bits per heavy atom. The molecule has 21 heavy (non-hydrogen) atoms. The average molecular weight is 319 g/mol. The van der Waals surface area contributed by atoms with E-state index in [-0.39, 0.29) is 17.0 Å². The minimum Gasteiger partial charge on any atom is -0.285 e. The molecule has 0 amide bonds. The van der Waals surface area contributed by atoms with Gasteiger partial charge in [-0.3, -0.25) is 5.10 Å². The van der Waals surface area contributed by atoms with Gasteiger partial charge in [-0.05, 0) is 24.6 Å². The van der Waals surface area contributed by atoms with E-state index in [2.05, 4.69) is 14.9 Å². The van der Waals surface area contributed by atoms with Gasteiger partial charge in [0.2, 0.25) is 10.0 Å². The van der Waals surface area contributed by atoms with E-state index in [0.29, 0.717) is 5.56 Å². The van der Waals surface area contributed by atoms with Gasteiger partial charge in [0.05, 0.1) is 16.7 Å². The molecule has 114 valence electrons. The van der Waals surface area contributed by atoms with E-state index in [1.54, 1.807) is 0 Å². The minimum absolute atomic E-state index is 0.0610. The number of nitrogens with zero attached hydrogens (tertiary/aromatic N) is 1. The van der Waals surface area contributed by atoms with Crippen LogP contribution in [0.5, 0.6) is 0 Å². The van der Waals surface area contributed by atoms with Crippen LogP contribution in [0.3, 0.4) is 0 Å². The summed E-state index contributed by atoms with van der Waals surface area (Å²) in [6.07, 6.45) is -1.69. The van der Waals surface area contributed by atoms with Crippen LogP contribution >= 0.6 is 0 Å². The number of hydrogen-bond donors (Lipinski definition) is 2. The van der Waals surface area contributed by atoms with Crippen molar-refractivity contribution in [3.63, 3.8) is 0 Å². The van der Waals surface area contributed by atoms with E-state index in [4.69, 9.17) is 0 Å². The first-order valence-electron chi connectivity index (χ1n) is 5.86. The van der Waals surface area contributed by atoms with E-state index in [0.717, 1.165) is 25.1 Å². The third kappa shape index (κ3) is 3.42. The van der Waals surface area contributed by atoms with Crippen LogP contribution in [0.1, 0.15) is 16.7 Å². The fourth-order valence-electron chi connectivity index (χ4n) is 1.84. The second-order valence-electron chi connectivity index (χ2n) is 4.36. The summed E-state index contributed by atoms with van der Waals surface area (Å²) in [6, 6.07) is 3.06. The number of aromatic nitrogens is 2. The maximum Gasteiger partial charge on any atom is 0.416 e. The van der Waals surface area contributed by atoms with Crippen molar-refractivity contribution < 1.29 is 21.6 Å². The summed E-state index contributed by atoms with van der Waals surface area (Å²) in [4.78, 5) is -0.388. The minimum atomic E-state index is -4.60. The first-order chi connectivity index (χ1) is 9.72. The summed E-state index contributed by atoms with van der Waals surface area (Å²) in [5.74, 6) is 0. The van der Waals surface area contributed by atoms with Gasteiger partial charge < -0.3 is 0 Å². The molecule has 1 aromatic heterocycles. The zero-order valence-electron chi connectivity index (χ0n) is 10.9. The van der Waals surface area contributed by atoms with Gasteiger partial charge in [-0.2, -0.15) is 18.3 Å². The van der Waals surface area contributed by atoms with Crippen molar-refractivity contribution in [2.24, 2.45) is 0 Å². The summed E-state index contributed by atoms with van der Waals surface area (Å²) in [5, 5.41) is 6.16. The molecular weight excluding hydrogens is 307 g/mol. The summed E-state index contributed by atoms with van der Waals surface area (Å²) in [7, 11) is -4.04. The third-order valence-corrected chi connectivity index (χ3v) is 4.45. The van der Waals surface area contributed by atoms with E-state index in [1.165, 1.54) is 12.4 Å². The maximum atomic E-state index is 12.8. The predicted octanol–water partition coefficient (Wildman–Crippen LogP) is 2.22. The van der Waals surface area contributed by atoms with Crippen molar-refractivity contribution in [2.45, 2.75) is 24.5 Å². The highest BCUT2D eigenvalue weighted by Crippen LogP contribution is 2.34. The highest BCUT2D eigenvalue weighted by molar-refractivity contribution is 7.89. The van der Waals surface area contributed by atoms with Gasteiger partial charge in [0.25, 0.3) is 0 Å². The molecule has 0 radical (unpaired) electrons. The fraction of sp³-hybridized carbons (Fsp3) is 0.250. The quantitative estimate of drug-likeness (QED) is 0.907. The molecule has 9 heteroatoms. The molecule has 0 bridgehead atoms. The van der Waals surface area contributed by atoms with Crippen molar-refractivity contribution in [3.05, 3.63) is 47.3 Å². The van der Waals surface area contributed by atoms with Gasteiger partial charge in [-0.1, -0.05) is 6.07 Å². The SMILES string of the molecule is Cc1c(C(F)(F)F)cccc1S(=O)(=O)NCc1cn[nH]c1. The molecule has 2 rings (SSSR count). The van der Waals surface area contributed by atoms with E-state index in [9.17, 15) is 21.6 Å². The van der Waals surface area contributed by atoms with Crippen LogP contribution in [0.15, 0.2) is 35.5 Å². The van der Waals surface area contributed by atoms with Crippen LogP contribution in [0.2, 0.25) is 0 Å². The number of benzene rings is 1. The van der Waals surface area contributed by atoms with Crippen LogP contribution < -0.4 is 4.72 Å². The summed E-state index contributed by atoms with van der Waals surface area (Å²) >= 11 is 0. The third-order valence-electron chi connectivity index (χ3n) is 2.90. The van der Waals surface area contributed by atoms with Crippen LogP contribution in [-0.4, -0.2) is 18.6 Å². The first-order valence-corrected chi connectivity index (χ1v) is 7.34. The molecule has 0 fully saturated rings. The molecule has 0 unspecified atom stereocenters. The number of halogens is 3. The topological polar surface area (TPSA) is 74.8 Å². The molecule has 1 aromatic carbocycles. The van der Waals surface area contributed by atoms with E-state index < -0.39 is 21.8 Å². The molecule has 0 spiro atoms. The van der Waals surface area contributed by atoms with Crippen molar-refractivity contribution >= 4 is 10.0 Å². The highest BCUT2D eigenvalue weighted by Gasteiger charge is 2.34.